The summed E-state index contributed by atoms with van der Waals surface area (Å²) in [6, 6.07) is 0. The van der Waals surface area contributed by atoms with Gasteiger partial charge in [0, 0.05) is 5.25 Å². The molecule has 1 fully saturated rings. The highest BCUT2D eigenvalue weighted by Gasteiger charge is 2.28. The Hall–Kier alpha value is 0.350. The van der Waals surface area contributed by atoms with E-state index in [2.05, 4.69) is 32.5 Å². The van der Waals surface area contributed by atoms with Crippen molar-refractivity contribution in [2.75, 3.05) is 5.75 Å². The Labute approximate surface area is 94.2 Å². The first-order chi connectivity index (χ1) is 6.80. The first-order valence-corrected chi connectivity index (χ1v) is 7.46. The zero-order valence-electron chi connectivity index (χ0n) is 10.1. The molecule has 0 amide bonds. The van der Waals surface area contributed by atoms with E-state index < -0.39 is 0 Å². The maximum absolute atomic E-state index is 2.33. The molecule has 1 aliphatic rings. The Kier molecular flexibility index (Phi) is 6.00. The van der Waals surface area contributed by atoms with Crippen LogP contribution in [0.1, 0.15) is 59.3 Å². The van der Waals surface area contributed by atoms with Gasteiger partial charge in [-0.05, 0) is 30.4 Å². The highest BCUT2D eigenvalue weighted by Crippen LogP contribution is 2.40. The van der Waals surface area contributed by atoms with Gasteiger partial charge in [0.05, 0.1) is 0 Å². The molecule has 0 radical (unpaired) electrons. The van der Waals surface area contributed by atoms with Crippen molar-refractivity contribution < 1.29 is 0 Å². The van der Waals surface area contributed by atoms with Crippen LogP contribution in [0.4, 0.5) is 0 Å². The molecule has 0 saturated heterocycles. The molecule has 1 saturated carbocycles. The van der Waals surface area contributed by atoms with Crippen LogP contribution in [0.15, 0.2) is 0 Å². The van der Waals surface area contributed by atoms with Gasteiger partial charge in [-0.2, -0.15) is 11.8 Å². The molecule has 0 unspecified atom stereocenters. The zero-order valence-corrected chi connectivity index (χ0v) is 10.9. The molecule has 84 valence electrons. The first kappa shape index (κ1) is 12.4. The zero-order chi connectivity index (χ0) is 10.4. The summed E-state index contributed by atoms with van der Waals surface area (Å²) >= 11 is 2.25. The summed E-state index contributed by atoms with van der Waals surface area (Å²) in [5.74, 6) is 3.47. The van der Waals surface area contributed by atoms with Crippen LogP contribution in [0, 0.1) is 11.8 Å². The Morgan fingerprint density at radius 1 is 1.14 bits per heavy atom. The normalized spacial score (nSPS) is 26.6. The van der Waals surface area contributed by atoms with Gasteiger partial charge in [-0.15, -0.1) is 0 Å². The van der Waals surface area contributed by atoms with Crippen molar-refractivity contribution in [3.8, 4) is 0 Å². The molecule has 0 nitrogen and oxygen atoms in total. The number of thioether (sulfide) groups is 1. The average molecular weight is 214 g/mol. The van der Waals surface area contributed by atoms with Crippen LogP contribution in [-0.2, 0) is 0 Å². The van der Waals surface area contributed by atoms with Gasteiger partial charge >= 0.3 is 0 Å². The molecule has 1 aliphatic carbocycles. The van der Waals surface area contributed by atoms with Gasteiger partial charge in [0.15, 0.2) is 0 Å². The smallest absolute Gasteiger partial charge is 0.00524 e. The Balaban J connectivity index is 1.99. The van der Waals surface area contributed by atoms with E-state index in [0.717, 1.165) is 17.1 Å². The molecule has 0 aromatic carbocycles. The molecule has 0 aromatic rings. The van der Waals surface area contributed by atoms with Crippen molar-refractivity contribution in [3.05, 3.63) is 0 Å². The fraction of sp³-hybridized carbons (Fsp3) is 1.00. The molecule has 0 N–H and O–H groups in total. The molecular formula is C13H26S. The number of hydrogen-bond acceptors (Lipinski definition) is 1. The molecule has 0 spiro atoms. The third kappa shape index (κ3) is 3.84. The Morgan fingerprint density at radius 3 is 2.29 bits per heavy atom. The lowest BCUT2D eigenvalue weighted by Crippen LogP contribution is -2.26. The van der Waals surface area contributed by atoms with Crippen LogP contribution >= 0.6 is 11.8 Å². The van der Waals surface area contributed by atoms with Gasteiger partial charge in [-0.3, -0.25) is 0 Å². The summed E-state index contributed by atoms with van der Waals surface area (Å²) in [6.45, 7) is 6.97. The van der Waals surface area contributed by atoms with Crippen molar-refractivity contribution >= 4 is 11.8 Å². The summed E-state index contributed by atoms with van der Waals surface area (Å²) in [5.41, 5.74) is 0. The molecule has 14 heavy (non-hydrogen) atoms. The van der Waals surface area contributed by atoms with Crippen molar-refractivity contribution in [3.63, 3.8) is 0 Å². The minimum Gasteiger partial charge on any atom is -0.158 e. The van der Waals surface area contributed by atoms with Gasteiger partial charge in [0.25, 0.3) is 0 Å². The second kappa shape index (κ2) is 6.76. The van der Waals surface area contributed by atoms with Crippen molar-refractivity contribution in [2.24, 2.45) is 11.8 Å². The lowest BCUT2D eigenvalue weighted by molar-refractivity contribution is 0.305. The van der Waals surface area contributed by atoms with Crippen molar-refractivity contribution in [2.45, 2.75) is 64.5 Å². The quantitative estimate of drug-likeness (QED) is 0.590. The minimum absolute atomic E-state index is 0.977. The van der Waals surface area contributed by atoms with E-state index in [0.29, 0.717) is 0 Å². The van der Waals surface area contributed by atoms with Crippen LogP contribution in [0.25, 0.3) is 0 Å². The van der Waals surface area contributed by atoms with Crippen LogP contribution in [0.3, 0.4) is 0 Å². The largest absolute Gasteiger partial charge is 0.158 e. The molecular weight excluding hydrogens is 188 g/mol. The average Bonchev–Trinajstić information content (AvgIpc) is 2.15. The fourth-order valence-electron chi connectivity index (χ4n) is 2.25. The van der Waals surface area contributed by atoms with Crippen molar-refractivity contribution in [1.82, 2.24) is 0 Å². The third-order valence-corrected chi connectivity index (χ3v) is 5.13. The standard InChI is InChI=1S/C13H26S/c1-4-7-12-8-13(9-12)14-10-11(5-2)6-3/h11-13H,4-10H2,1-3H3. The van der Waals surface area contributed by atoms with Crippen LogP contribution in [0.5, 0.6) is 0 Å². The molecule has 0 heterocycles. The Morgan fingerprint density at radius 2 is 1.79 bits per heavy atom. The van der Waals surface area contributed by atoms with E-state index in [1.807, 2.05) is 0 Å². The number of hydrogen-bond donors (Lipinski definition) is 0. The van der Waals surface area contributed by atoms with E-state index in [9.17, 15) is 0 Å². The van der Waals surface area contributed by atoms with Crippen LogP contribution < -0.4 is 0 Å². The van der Waals surface area contributed by atoms with Gasteiger partial charge in [-0.1, -0.05) is 46.5 Å². The Bertz CT molecular complexity index is 134. The third-order valence-electron chi connectivity index (χ3n) is 3.61. The maximum Gasteiger partial charge on any atom is 0.00524 e. The highest BCUT2D eigenvalue weighted by atomic mass is 32.2. The molecule has 1 rings (SSSR count). The lowest BCUT2D eigenvalue weighted by Gasteiger charge is -2.35. The predicted octanol–water partition coefficient (Wildman–Crippen LogP) is 4.73. The van der Waals surface area contributed by atoms with Crippen LogP contribution in [-0.4, -0.2) is 11.0 Å². The van der Waals surface area contributed by atoms with E-state index in [-0.39, 0.29) is 0 Å². The van der Waals surface area contributed by atoms with Crippen LogP contribution in [0.2, 0.25) is 0 Å². The topological polar surface area (TPSA) is 0 Å². The molecule has 0 atom stereocenters. The SMILES string of the molecule is CCCC1CC(SCC(CC)CC)C1. The van der Waals surface area contributed by atoms with Gasteiger partial charge in [0.1, 0.15) is 0 Å². The van der Waals surface area contributed by atoms with E-state index >= 15 is 0 Å². The second-order valence-corrected chi connectivity index (χ2v) is 6.10. The van der Waals surface area contributed by atoms with E-state index in [4.69, 9.17) is 0 Å². The summed E-state index contributed by atoms with van der Waals surface area (Å²) in [5, 5.41) is 1.02. The molecule has 0 aliphatic heterocycles. The van der Waals surface area contributed by atoms with Gasteiger partial charge in [-0.25, -0.2) is 0 Å². The molecule has 0 aromatic heterocycles. The fourth-order valence-corrected chi connectivity index (χ4v) is 4.08. The van der Waals surface area contributed by atoms with Gasteiger partial charge < -0.3 is 0 Å². The summed E-state index contributed by atoms with van der Waals surface area (Å²) in [4.78, 5) is 0. The lowest BCUT2D eigenvalue weighted by atomic mass is 9.82. The first-order valence-electron chi connectivity index (χ1n) is 6.41. The monoisotopic (exact) mass is 214 g/mol. The number of rotatable bonds is 7. The summed E-state index contributed by atoms with van der Waals surface area (Å²) in [7, 11) is 0. The van der Waals surface area contributed by atoms with E-state index in [1.165, 1.54) is 44.3 Å². The molecule has 0 bridgehead atoms. The van der Waals surface area contributed by atoms with E-state index in [1.54, 1.807) is 0 Å². The maximum atomic E-state index is 2.33. The summed E-state index contributed by atoms with van der Waals surface area (Å²) in [6.07, 6.45) is 8.62. The second-order valence-electron chi connectivity index (χ2n) is 4.76. The van der Waals surface area contributed by atoms with Crippen molar-refractivity contribution in [1.29, 1.82) is 0 Å². The predicted molar refractivity (Wildman–Crippen MR) is 68.0 cm³/mol. The van der Waals surface area contributed by atoms with Gasteiger partial charge in [0.2, 0.25) is 0 Å². The molecule has 1 heteroatoms. The highest BCUT2D eigenvalue weighted by molar-refractivity contribution is 7.99. The minimum atomic E-state index is 0.977. The summed E-state index contributed by atoms with van der Waals surface area (Å²) < 4.78 is 0.